The van der Waals surface area contributed by atoms with Gasteiger partial charge in [0.15, 0.2) is 0 Å². The van der Waals surface area contributed by atoms with E-state index in [1.165, 1.54) is 148 Å². The van der Waals surface area contributed by atoms with E-state index in [1.807, 2.05) is 0 Å². The second-order valence-electron chi connectivity index (χ2n) is 14.6. The molecule has 3 unspecified atom stereocenters. The maximum atomic E-state index is 12.4. The first-order chi connectivity index (χ1) is 23.5. The van der Waals surface area contributed by atoms with Crippen LogP contribution < -0.4 is 5.32 Å². The minimum Gasteiger partial charge on any atom is -0.394 e. The summed E-state index contributed by atoms with van der Waals surface area (Å²) in [6.45, 7) is 4.16. The second-order valence-corrected chi connectivity index (χ2v) is 14.6. The van der Waals surface area contributed by atoms with Crippen molar-refractivity contribution in [3.8, 4) is 0 Å². The molecule has 0 aromatic rings. The zero-order valence-corrected chi connectivity index (χ0v) is 32.1. The summed E-state index contributed by atoms with van der Waals surface area (Å²) in [5.41, 5.74) is 0. The predicted octanol–water partition coefficient (Wildman–Crippen LogP) is 11.8. The molecule has 5 nitrogen and oxygen atoms in total. The van der Waals surface area contributed by atoms with Gasteiger partial charge < -0.3 is 20.6 Å². The van der Waals surface area contributed by atoms with E-state index in [-0.39, 0.29) is 18.9 Å². The zero-order valence-electron chi connectivity index (χ0n) is 32.1. The van der Waals surface area contributed by atoms with Crippen LogP contribution in [0.3, 0.4) is 0 Å². The van der Waals surface area contributed by atoms with E-state index >= 15 is 0 Å². The van der Waals surface area contributed by atoms with Gasteiger partial charge in [-0.25, -0.2) is 0 Å². The number of hydrogen-bond donors (Lipinski definition) is 4. The molecule has 284 valence electrons. The van der Waals surface area contributed by atoms with Gasteiger partial charge in [-0.15, -0.1) is 0 Å². The van der Waals surface area contributed by atoms with Crippen molar-refractivity contribution in [3.05, 3.63) is 24.3 Å². The largest absolute Gasteiger partial charge is 0.394 e. The van der Waals surface area contributed by atoms with Gasteiger partial charge in [0.25, 0.3) is 0 Å². The molecule has 1 amide bonds. The first-order valence-electron chi connectivity index (χ1n) is 21.1. The lowest BCUT2D eigenvalue weighted by molar-refractivity contribution is -0.125. The Balaban J connectivity index is 3.61. The van der Waals surface area contributed by atoms with E-state index in [2.05, 4.69) is 43.5 Å². The van der Waals surface area contributed by atoms with Gasteiger partial charge in [-0.05, 0) is 38.5 Å². The Morgan fingerprint density at radius 1 is 0.542 bits per heavy atom. The minimum absolute atomic E-state index is 0.0371. The summed E-state index contributed by atoms with van der Waals surface area (Å²) in [6, 6.07) is -0.656. The van der Waals surface area contributed by atoms with Crippen molar-refractivity contribution in [2.24, 2.45) is 0 Å². The Bertz CT molecular complexity index is 709. The smallest absolute Gasteiger partial charge is 0.222 e. The number of nitrogens with one attached hydrogen (secondary N) is 1. The van der Waals surface area contributed by atoms with Crippen molar-refractivity contribution in [3.63, 3.8) is 0 Å². The molecule has 0 saturated carbocycles. The van der Waals surface area contributed by atoms with Crippen LogP contribution in [0.2, 0.25) is 0 Å². The molecular weight excluding hydrogens is 594 g/mol. The van der Waals surface area contributed by atoms with E-state index in [4.69, 9.17) is 0 Å². The fraction of sp³-hybridized carbons (Fsp3) is 0.884. The molecule has 0 heterocycles. The summed E-state index contributed by atoms with van der Waals surface area (Å²) in [4.78, 5) is 12.4. The van der Waals surface area contributed by atoms with Crippen molar-refractivity contribution >= 4 is 5.91 Å². The van der Waals surface area contributed by atoms with Crippen LogP contribution in [-0.2, 0) is 4.79 Å². The lowest BCUT2D eigenvalue weighted by Gasteiger charge is -2.23. The molecule has 0 spiro atoms. The number of allylic oxidation sites excluding steroid dienone is 4. The quantitative estimate of drug-likeness (QED) is 0.0387. The summed E-state index contributed by atoms with van der Waals surface area (Å²) in [5, 5.41) is 33.3. The monoisotopic (exact) mass is 678 g/mol. The van der Waals surface area contributed by atoms with E-state index in [1.54, 1.807) is 0 Å². The van der Waals surface area contributed by atoms with Crippen LogP contribution in [-0.4, -0.2) is 46.1 Å². The van der Waals surface area contributed by atoms with Gasteiger partial charge in [-0.3, -0.25) is 4.79 Å². The average Bonchev–Trinajstić information content (AvgIpc) is 3.08. The highest BCUT2D eigenvalue weighted by Gasteiger charge is 2.21. The standard InChI is InChI=1S/C43H83NO4/c1-3-5-7-9-11-13-15-17-19-20-21-22-23-24-26-28-30-32-34-36-40(46)38-43(48)44-41(39-45)42(47)37-35-33-31-29-27-25-18-16-14-12-10-8-6-4-2/h5,7,11,13,40-42,45-47H,3-4,6,8-10,12,14-39H2,1-2H3,(H,44,48)/b7-5-,13-11-. The van der Waals surface area contributed by atoms with Crippen LogP contribution in [0, 0.1) is 0 Å². The van der Waals surface area contributed by atoms with Gasteiger partial charge in [-0.2, -0.15) is 0 Å². The van der Waals surface area contributed by atoms with Crippen LogP contribution in [0.15, 0.2) is 24.3 Å². The molecule has 0 fully saturated rings. The van der Waals surface area contributed by atoms with E-state index < -0.39 is 18.2 Å². The third-order valence-electron chi connectivity index (χ3n) is 9.78. The van der Waals surface area contributed by atoms with Gasteiger partial charge in [0.05, 0.1) is 31.3 Å². The highest BCUT2D eigenvalue weighted by Crippen LogP contribution is 2.16. The van der Waals surface area contributed by atoms with Gasteiger partial charge >= 0.3 is 0 Å². The summed E-state index contributed by atoms with van der Waals surface area (Å²) in [7, 11) is 0. The molecule has 0 aliphatic carbocycles. The maximum Gasteiger partial charge on any atom is 0.222 e. The lowest BCUT2D eigenvalue weighted by atomic mass is 10.0. The Kier molecular flexibility index (Phi) is 37.7. The highest BCUT2D eigenvalue weighted by molar-refractivity contribution is 5.76. The van der Waals surface area contributed by atoms with Crippen molar-refractivity contribution in [2.45, 2.75) is 238 Å². The summed E-state index contributed by atoms with van der Waals surface area (Å²) in [6.07, 6.45) is 45.7. The molecule has 0 aliphatic rings. The highest BCUT2D eigenvalue weighted by atomic mass is 16.3. The van der Waals surface area contributed by atoms with E-state index in [0.29, 0.717) is 12.8 Å². The number of hydrogen-bond acceptors (Lipinski definition) is 4. The maximum absolute atomic E-state index is 12.4. The van der Waals surface area contributed by atoms with Crippen molar-refractivity contribution in [1.82, 2.24) is 5.32 Å². The van der Waals surface area contributed by atoms with Gasteiger partial charge in [0.1, 0.15) is 0 Å². The Labute approximate surface area is 299 Å². The average molecular weight is 678 g/mol. The lowest BCUT2D eigenvalue weighted by Crippen LogP contribution is -2.46. The SMILES string of the molecule is CC/C=C\C/C=C\CCCCCCCCCCCCCCC(O)CC(=O)NC(CO)C(O)CCCCCCCCCCCCCCCC. The molecular formula is C43H83NO4. The molecule has 4 N–H and O–H groups in total. The molecule has 48 heavy (non-hydrogen) atoms. The fourth-order valence-corrected chi connectivity index (χ4v) is 6.56. The Hall–Kier alpha value is -1.17. The topological polar surface area (TPSA) is 89.8 Å². The van der Waals surface area contributed by atoms with Crippen LogP contribution in [0.1, 0.15) is 219 Å². The number of unbranched alkanes of at least 4 members (excludes halogenated alkanes) is 25. The van der Waals surface area contributed by atoms with Gasteiger partial charge in [0.2, 0.25) is 5.91 Å². The third-order valence-corrected chi connectivity index (χ3v) is 9.78. The number of rotatable bonds is 38. The normalized spacial score (nSPS) is 13.9. The molecule has 0 aromatic heterocycles. The van der Waals surface area contributed by atoms with Gasteiger partial charge in [0, 0.05) is 0 Å². The Morgan fingerprint density at radius 3 is 1.42 bits per heavy atom. The van der Waals surface area contributed by atoms with Crippen molar-refractivity contribution in [1.29, 1.82) is 0 Å². The van der Waals surface area contributed by atoms with Crippen molar-refractivity contribution in [2.75, 3.05) is 6.61 Å². The number of amides is 1. The summed E-state index contributed by atoms with van der Waals surface area (Å²) < 4.78 is 0. The zero-order chi connectivity index (χ0) is 35.2. The first kappa shape index (κ1) is 46.8. The van der Waals surface area contributed by atoms with Crippen LogP contribution in [0.4, 0.5) is 0 Å². The second kappa shape index (κ2) is 38.6. The summed E-state index contributed by atoms with van der Waals surface area (Å²) >= 11 is 0. The first-order valence-corrected chi connectivity index (χ1v) is 21.1. The number of carbonyl (C=O) groups is 1. The Morgan fingerprint density at radius 2 is 0.958 bits per heavy atom. The number of aliphatic hydroxyl groups excluding tert-OH is 3. The predicted molar refractivity (Wildman–Crippen MR) is 208 cm³/mol. The van der Waals surface area contributed by atoms with Crippen LogP contribution in [0.25, 0.3) is 0 Å². The third kappa shape index (κ3) is 34.7. The fourth-order valence-electron chi connectivity index (χ4n) is 6.56. The van der Waals surface area contributed by atoms with Crippen LogP contribution in [0.5, 0.6) is 0 Å². The molecule has 0 saturated heterocycles. The van der Waals surface area contributed by atoms with E-state index in [0.717, 1.165) is 38.5 Å². The molecule has 0 aromatic carbocycles. The number of aliphatic hydroxyl groups is 3. The minimum atomic E-state index is -0.746. The molecule has 0 rings (SSSR count). The van der Waals surface area contributed by atoms with Crippen LogP contribution >= 0.6 is 0 Å². The van der Waals surface area contributed by atoms with Gasteiger partial charge in [-0.1, -0.05) is 199 Å². The number of carbonyl (C=O) groups excluding carboxylic acids is 1. The molecule has 0 bridgehead atoms. The molecule has 0 aliphatic heterocycles. The van der Waals surface area contributed by atoms with E-state index in [9.17, 15) is 20.1 Å². The molecule has 0 radical (unpaired) electrons. The summed E-state index contributed by atoms with van der Waals surface area (Å²) in [5.74, 6) is -0.283. The molecule has 5 heteroatoms. The molecule has 3 atom stereocenters. The van der Waals surface area contributed by atoms with Crippen molar-refractivity contribution < 1.29 is 20.1 Å².